The first-order valence-electron chi connectivity index (χ1n) is 5.68. The Morgan fingerprint density at radius 1 is 1.33 bits per heavy atom. The van der Waals surface area contributed by atoms with E-state index in [1.54, 1.807) is 6.92 Å². The molecule has 0 spiro atoms. The maximum atomic E-state index is 11.8. The number of ether oxygens (including phenoxy) is 2. The van der Waals surface area contributed by atoms with Crippen molar-refractivity contribution < 1.29 is 19.1 Å². The van der Waals surface area contributed by atoms with E-state index in [1.807, 2.05) is 30.3 Å². The van der Waals surface area contributed by atoms with E-state index in [0.29, 0.717) is 11.3 Å². The third kappa shape index (κ3) is 2.27. The smallest absolute Gasteiger partial charge is 0.337 e. The van der Waals surface area contributed by atoms with Gasteiger partial charge in [0.2, 0.25) is 0 Å². The van der Waals surface area contributed by atoms with Crippen molar-refractivity contribution in [1.29, 1.82) is 0 Å². The molecule has 0 unspecified atom stereocenters. The highest BCUT2D eigenvalue weighted by atomic mass is 16.5. The summed E-state index contributed by atoms with van der Waals surface area (Å²) in [5.74, 6) is -0.741. The van der Waals surface area contributed by atoms with Gasteiger partial charge in [0, 0.05) is 5.92 Å². The second-order valence-electron chi connectivity index (χ2n) is 4.10. The number of cyclic esters (lactones) is 1. The molecular weight excluding hydrogens is 232 g/mol. The fourth-order valence-electron chi connectivity index (χ4n) is 2.15. The van der Waals surface area contributed by atoms with Crippen molar-refractivity contribution in [3.05, 3.63) is 47.2 Å². The first kappa shape index (κ1) is 12.4. The van der Waals surface area contributed by atoms with E-state index in [0.717, 1.165) is 5.56 Å². The van der Waals surface area contributed by atoms with Crippen molar-refractivity contribution in [3.8, 4) is 0 Å². The molecular formula is C14H14O4. The number of hydrogen-bond acceptors (Lipinski definition) is 4. The molecule has 0 saturated carbocycles. The van der Waals surface area contributed by atoms with Crippen molar-refractivity contribution in [2.45, 2.75) is 19.3 Å². The highest BCUT2D eigenvalue weighted by molar-refractivity contribution is 5.93. The maximum absolute atomic E-state index is 11.8. The molecule has 4 nitrogen and oxygen atoms in total. The Kier molecular flexibility index (Phi) is 3.46. The summed E-state index contributed by atoms with van der Waals surface area (Å²) in [4.78, 5) is 23.3. The van der Waals surface area contributed by atoms with Gasteiger partial charge in [-0.15, -0.1) is 0 Å². The molecule has 0 amide bonds. The molecule has 4 heteroatoms. The van der Waals surface area contributed by atoms with E-state index < -0.39 is 5.97 Å². The minimum absolute atomic E-state index is 0.159. The Labute approximate surface area is 105 Å². The minimum atomic E-state index is -0.450. The van der Waals surface area contributed by atoms with Gasteiger partial charge in [-0.1, -0.05) is 30.3 Å². The van der Waals surface area contributed by atoms with Crippen molar-refractivity contribution in [2.24, 2.45) is 0 Å². The number of carbonyl (C=O) groups excluding carboxylic acids is 2. The molecule has 1 aliphatic rings. The van der Waals surface area contributed by atoms with Crippen LogP contribution in [0.3, 0.4) is 0 Å². The number of hydrogen-bond donors (Lipinski definition) is 0. The SMILES string of the molecule is COC(=O)C1=C(C)OC(=O)C[C@@H]1c1ccccc1. The monoisotopic (exact) mass is 246 g/mol. The zero-order valence-corrected chi connectivity index (χ0v) is 10.3. The van der Waals surface area contributed by atoms with Gasteiger partial charge in [-0.05, 0) is 12.5 Å². The van der Waals surface area contributed by atoms with Gasteiger partial charge >= 0.3 is 11.9 Å². The summed E-state index contributed by atoms with van der Waals surface area (Å²) >= 11 is 0. The van der Waals surface area contributed by atoms with Crippen LogP contribution in [-0.2, 0) is 19.1 Å². The third-order valence-electron chi connectivity index (χ3n) is 2.97. The van der Waals surface area contributed by atoms with E-state index >= 15 is 0 Å². The number of rotatable bonds is 2. The molecule has 0 N–H and O–H groups in total. The third-order valence-corrected chi connectivity index (χ3v) is 2.97. The molecule has 1 heterocycles. The average molecular weight is 246 g/mol. The molecule has 0 aromatic heterocycles. The van der Waals surface area contributed by atoms with Crippen LogP contribution in [0.1, 0.15) is 24.8 Å². The lowest BCUT2D eigenvalue weighted by molar-refractivity contribution is -0.143. The Hall–Kier alpha value is -2.10. The van der Waals surface area contributed by atoms with E-state index in [4.69, 9.17) is 9.47 Å². The molecule has 0 fully saturated rings. The van der Waals surface area contributed by atoms with Crippen molar-refractivity contribution in [3.63, 3.8) is 0 Å². The van der Waals surface area contributed by atoms with Crippen LogP contribution in [0, 0.1) is 0 Å². The van der Waals surface area contributed by atoms with Crippen LogP contribution in [0.2, 0.25) is 0 Å². The second kappa shape index (κ2) is 5.04. The lowest BCUT2D eigenvalue weighted by Gasteiger charge is -2.24. The van der Waals surface area contributed by atoms with Crippen LogP contribution in [0.5, 0.6) is 0 Å². The fourth-order valence-corrected chi connectivity index (χ4v) is 2.15. The second-order valence-corrected chi connectivity index (χ2v) is 4.10. The van der Waals surface area contributed by atoms with Crippen molar-refractivity contribution in [2.75, 3.05) is 7.11 Å². The molecule has 1 aliphatic heterocycles. The molecule has 94 valence electrons. The first-order chi connectivity index (χ1) is 8.63. The van der Waals surface area contributed by atoms with Gasteiger partial charge < -0.3 is 9.47 Å². The summed E-state index contributed by atoms with van der Waals surface area (Å²) in [5, 5.41) is 0. The Morgan fingerprint density at radius 2 is 2.00 bits per heavy atom. The molecule has 0 saturated heterocycles. The number of carbonyl (C=O) groups is 2. The largest absolute Gasteiger partial charge is 0.466 e. The van der Waals surface area contributed by atoms with Crippen LogP contribution in [-0.4, -0.2) is 19.0 Å². The lowest BCUT2D eigenvalue weighted by Crippen LogP contribution is -2.24. The highest BCUT2D eigenvalue weighted by Crippen LogP contribution is 2.35. The van der Waals surface area contributed by atoms with Gasteiger partial charge in [0.25, 0.3) is 0 Å². The summed E-state index contributed by atoms with van der Waals surface area (Å²) in [5.41, 5.74) is 1.33. The van der Waals surface area contributed by atoms with Crippen LogP contribution < -0.4 is 0 Å². The van der Waals surface area contributed by atoms with Crippen molar-refractivity contribution >= 4 is 11.9 Å². The van der Waals surface area contributed by atoms with Gasteiger partial charge in [-0.3, -0.25) is 4.79 Å². The van der Waals surface area contributed by atoms with Crippen LogP contribution in [0.25, 0.3) is 0 Å². The summed E-state index contributed by atoms with van der Waals surface area (Å²) in [7, 11) is 1.32. The molecule has 1 aromatic carbocycles. The van der Waals surface area contributed by atoms with E-state index in [1.165, 1.54) is 7.11 Å². The van der Waals surface area contributed by atoms with Crippen molar-refractivity contribution in [1.82, 2.24) is 0 Å². The molecule has 1 aromatic rings. The molecule has 2 rings (SSSR count). The maximum Gasteiger partial charge on any atom is 0.337 e. The quantitative estimate of drug-likeness (QED) is 0.750. The standard InChI is InChI=1S/C14H14O4/c1-9-13(14(16)17-2)11(8-12(15)18-9)10-6-4-3-5-7-10/h3-7,11H,8H2,1-2H3/t11-/m1/s1. The molecule has 0 aliphatic carbocycles. The summed E-state index contributed by atoms with van der Waals surface area (Å²) in [6.07, 6.45) is 0.159. The predicted octanol–water partition coefficient (Wildman–Crippen LogP) is 2.16. The van der Waals surface area contributed by atoms with Crippen LogP contribution >= 0.6 is 0 Å². The zero-order chi connectivity index (χ0) is 13.1. The predicted molar refractivity (Wildman–Crippen MR) is 64.6 cm³/mol. The fraction of sp³-hybridized carbons (Fsp3) is 0.286. The van der Waals surface area contributed by atoms with Crippen LogP contribution in [0.4, 0.5) is 0 Å². The average Bonchev–Trinajstić information content (AvgIpc) is 2.38. The van der Waals surface area contributed by atoms with Gasteiger partial charge in [0.05, 0.1) is 19.1 Å². The van der Waals surface area contributed by atoms with Gasteiger partial charge in [0.1, 0.15) is 5.76 Å². The Morgan fingerprint density at radius 3 is 2.61 bits per heavy atom. The minimum Gasteiger partial charge on any atom is -0.466 e. The topological polar surface area (TPSA) is 52.6 Å². The Balaban J connectivity index is 2.46. The lowest BCUT2D eigenvalue weighted by atomic mass is 9.86. The summed E-state index contributed by atoms with van der Waals surface area (Å²) < 4.78 is 9.77. The first-order valence-corrected chi connectivity index (χ1v) is 5.68. The molecule has 18 heavy (non-hydrogen) atoms. The molecule has 0 radical (unpaired) electrons. The summed E-state index contributed by atoms with van der Waals surface area (Å²) in [6, 6.07) is 9.41. The van der Waals surface area contributed by atoms with Gasteiger partial charge in [-0.2, -0.15) is 0 Å². The number of esters is 2. The normalized spacial score (nSPS) is 19.4. The highest BCUT2D eigenvalue weighted by Gasteiger charge is 2.33. The molecule has 0 bridgehead atoms. The number of methoxy groups -OCH3 is 1. The molecule has 1 atom stereocenters. The number of allylic oxidation sites excluding steroid dienone is 1. The number of benzene rings is 1. The van der Waals surface area contributed by atoms with E-state index in [-0.39, 0.29) is 18.3 Å². The van der Waals surface area contributed by atoms with E-state index in [9.17, 15) is 9.59 Å². The van der Waals surface area contributed by atoms with E-state index in [2.05, 4.69) is 0 Å². The Bertz CT molecular complexity index is 502. The zero-order valence-electron chi connectivity index (χ0n) is 10.3. The van der Waals surface area contributed by atoms with Gasteiger partial charge in [-0.25, -0.2) is 4.79 Å². The summed E-state index contributed by atoms with van der Waals surface area (Å²) in [6.45, 7) is 1.61. The van der Waals surface area contributed by atoms with Gasteiger partial charge in [0.15, 0.2) is 0 Å². The van der Waals surface area contributed by atoms with Crippen LogP contribution in [0.15, 0.2) is 41.7 Å².